The minimum Gasteiger partial charge on any atom is -0.486 e. The van der Waals surface area contributed by atoms with Crippen LogP contribution in [0.5, 0.6) is 11.5 Å². The first-order valence-electron chi connectivity index (χ1n) is 10.6. The van der Waals surface area contributed by atoms with Gasteiger partial charge in [0.1, 0.15) is 18.5 Å². The molecule has 34 heavy (non-hydrogen) atoms. The molecule has 4 aromatic rings. The van der Waals surface area contributed by atoms with Crippen LogP contribution in [0.4, 0.5) is 0 Å². The van der Waals surface area contributed by atoms with Gasteiger partial charge in [0.2, 0.25) is 5.91 Å². The molecule has 1 aliphatic heterocycles. The molecule has 2 aromatic carbocycles. The molecule has 0 bridgehead atoms. The average molecular weight is 498 g/mol. The monoisotopic (exact) mass is 497 g/mol. The van der Waals surface area contributed by atoms with E-state index < -0.39 is 0 Å². The van der Waals surface area contributed by atoms with Crippen molar-refractivity contribution in [3.8, 4) is 11.5 Å². The fraction of sp³-hybridized carbons (Fsp3) is 0.208. The molecule has 0 radical (unpaired) electrons. The zero-order valence-electron chi connectivity index (χ0n) is 17.9. The van der Waals surface area contributed by atoms with Gasteiger partial charge >= 0.3 is 0 Å². The molecule has 10 heteroatoms. The molecule has 0 spiro atoms. The number of hydrogen-bond donors (Lipinski definition) is 1. The molecule has 1 amide bonds. The second-order valence-corrected chi connectivity index (χ2v) is 9.00. The normalized spacial score (nSPS) is 14.8. The molecule has 0 unspecified atom stereocenters. The lowest BCUT2D eigenvalue weighted by Gasteiger charge is -2.26. The Balaban J connectivity index is 1.28. The highest BCUT2D eigenvalue weighted by Crippen LogP contribution is 2.30. The topological polar surface area (TPSA) is 95.6 Å². The van der Waals surface area contributed by atoms with Gasteiger partial charge in [-0.05, 0) is 42.5 Å². The molecule has 174 valence electrons. The van der Waals surface area contributed by atoms with E-state index in [2.05, 4.69) is 10.3 Å². The number of ether oxygens (including phenoxy) is 2. The largest absolute Gasteiger partial charge is 0.486 e. The van der Waals surface area contributed by atoms with Crippen LogP contribution < -0.4 is 20.3 Å². The van der Waals surface area contributed by atoms with Gasteiger partial charge < -0.3 is 19.2 Å². The number of fused-ring (bicyclic) bond motifs is 2. The maximum atomic E-state index is 13.2. The third-order valence-electron chi connectivity index (χ3n) is 5.20. The van der Waals surface area contributed by atoms with Crippen molar-refractivity contribution in [3.63, 3.8) is 0 Å². The van der Waals surface area contributed by atoms with Gasteiger partial charge in [-0.2, -0.15) is 0 Å². The van der Waals surface area contributed by atoms with E-state index in [1.54, 1.807) is 36.6 Å². The summed E-state index contributed by atoms with van der Waals surface area (Å²) in [5.74, 6) is 1.82. The fourth-order valence-electron chi connectivity index (χ4n) is 3.55. The van der Waals surface area contributed by atoms with Gasteiger partial charge in [0, 0.05) is 5.02 Å². The van der Waals surface area contributed by atoms with Crippen LogP contribution in [0.15, 0.2) is 75.2 Å². The van der Waals surface area contributed by atoms with E-state index in [1.807, 2.05) is 24.3 Å². The van der Waals surface area contributed by atoms with Crippen LogP contribution >= 0.6 is 23.4 Å². The van der Waals surface area contributed by atoms with Gasteiger partial charge in [-0.3, -0.25) is 14.2 Å². The maximum absolute atomic E-state index is 13.2. The predicted octanol–water partition coefficient (Wildman–Crippen LogP) is 3.74. The first-order valence-corrected chi connectivity index (χ1v) is 11.9. The Morgan fingerprint density at radius 1 is 1.18 bits per heavy atom. The van der Waals surface area contributed by atoms with Crippen molar-refractivity contribution in [2.45, 2.75) is 17.8 Å². The Hall–Kier alpha value is -3.43. The summed E-state index contributed by atoms with van der Waals surface area (Å²) in [5.41, 5.74) is 0.245. The number of benzene rings is 2. The molecule has 5 rings (SSSR count). The second kappa shape index (κ2) is 9.82. The van der Waals surface area contributed by atoms with Gasteiger partial charge in [-0.15, -0.1) is 0 Å². The highest BCUT2D eigenvalue weighted by Gasteiger charge is 2.21. The summed E-state index contributed by atoms with van der Waals surface area (Å²) in [6.45, 7) is 0.849. The summed E-state index contributed by atoms with van der Waals surface area (Å²) < 4.78 is 18.5. The number of nitrogens with one attached hydrogen (secondary N) is 1. The van der Waals surface area contributed by atoms with Crippen LogP contribution in [0, 0.1) is 0 Å². The van der Waals surface area contributed by atoms with E-state index in [4.69, 9.17) is 25.5 Å². The van der Waals surface area contributed by atoms with Crippen LogP contribution in [0.25, 0.3) is 10.9 Å². The lowest BCUT2D eigenvalue weighted by molar-refractivity contribution is -0.119. The Kier molecular flexibility index (Phi) is 6.46. The minimum absolute atomic E-state index is 0.0703. The summed E-state index contributed by atoms with van der Waals surface area (Å²) in [6, 6.07) is 15.9. The number of nitrogens with zero attached hydrogens (tertiary/aromatic N) is 2. The average Bonchev–Trinajstić information content (AvgIpc) is 3.36. The van der Waals surface area contributed by atoms with Crippen molar-refractivity contribution in [1.82, 2.24) is 14.9 Å². The van der Waals surface area contributed by atoms with Gasteiger partial charge in [-0.25, -0.2) is 4.98 Å². The summed E-state index contributed by atoms with van der Waals surface area (Å²) in [5, 5.41) is 4.18. The number of rotatable bonds is 7. The predicted molar refractivity (Wildman–Crippen MR) is 129 cm³/mol. The van der Waals surface area contributed by atoms with Crippen molar-refractivity contribution < 1.29 is 18.7 Å². The number of aromatic nitrogens is 2. The molecule has 2 aromatic heterocycles. The quantitative estimate of drug-likeness (QED) is 0.307. The van der Waals surface area contributed by atoms with E-state index in [9.17, 15) is 9.59 Å². The third kappa shape index (κ3) is 4.90. The van der Waals surface area contributed by atoms with Crippen molar-refractivity contribution in [2.24, 2.45) is 0 Å². The lowest BCUT2D eigenvalue weighted by Crippen LogP contribution is -2.41. The molecule has 0 saturated heterocycles. The minimum atomic E-state index is -0.290. The molecular weight excluding hydrogens is 478 g/mol. The van der Waals surface area contributed by atoms with Crippen molar-refractivity contribution in [3.05, 3.63) is 82.0 Å². The Morgan fingerprint density at radius 3 is 2.85 bits per heavy atom. The zero-order chi connectivity index (χ0) is 23.5. The van der Waals surface area contributed by atoms with Crippen molar-refractivity contribution in [1.29, 1.82) is 0 Å². The van der Waals surface area contributed by atoms with Crippen LogP contribution in [0.2, 0.25) is 5.02 Å². The number of halogens is 1. The standard InChI is InChI=1S/C24H20ClN3O5S/c25-15-7-8-18-19(10-15)27-24(28(23(18)30)12-16-4-3-9-31-16)34-14-22(29)26-11-17-13-32-20-5-1-2-6-21(20)33-17/h1-10,17H,11-14H2,(H,26,29)/t17-/m0/s1. The first kappa shape index (κ1) is 22.4. The fourth-order valence-corrected chi connectivity index (χ4v) is 4.55. The van der Waals surface area contributed by atoms with Gasteiger partial charge in [0.25, 0.3) is 5.56 Å². The summed E-state index contributed by atoms with van der Waals surface area (Å²) in [6.07, 6.45) is 1.26. The van der Waals surface area contributed by atoms with Gasteiger partial charge in [-0.1, -0.05) is 35.5 Å². The number of para-hydroxylation sites is 2. The number of carbonyl (C=O) groups excluding carboxylic acids is 1. The Morgan fingerprint density at radius 2 is 2.03 bits per heavy atom. The van der Waals surface area contributed by atoms with Crippen LogP contribution in [0.1, 0.15) is 5.76 Å². The third-order valence-corrected chi connectivity index (χ3v) is 6.41. The van der Waals surface area contributed by atoms with E-state index in [0.29, 0.717) is 51.5 Å². The number of thioether (sulfide) groups is 1. The molecule has 0 fully saturated rings. The molecular formula is C24H20ClN3O5S. The van der Waals surface area contributed by atoms with Crippen LogP contribution in [-0.4, -0.2) is 40.5 Å². The van der Waals surface area contributed by atoms with E-state index in [1.165, 1.54) is 16.3 Å². The molecule has 1 atom stereocenters. The SMILES string of the molecule is O=C(CSc1nc2cc(Cl)ccc2c(=O)n1Cc1ccco1)NC[C@H]1COc2ccccc2O1. The molecule has 1 N–H and O–H groups in total. The lowest BCUT2D eigenvalue weighted by atomic mass is 10.2. The number of amides is 1. The maximum Gasteiger partial charge on any atom is 0.262 e. The molecule has 0 aliphatic carbocycles. The van der Waals surface area contributed by atoms with Gasteiger partial charge in [0.05, 0.1) is 36.0 Å². The smallest absolute Gasteiger partial charge is 0.262 e. The van der Waals surface area contributed by atoms with E-state index >= 15 is 0 Å². The summed E-state index contributed by atoms with van der Waals surface area (Å²) >= 11 is 7.27. The number of hydrogen-bond acceptors (Lipinski definition) is 7. The molecule has 3 heterocycles. The molecule has 1 aliphatic rings. The second-order valence-electron chi connectivity index (χ2n) is 7.62. The number of carbonyl (C=O) groups is 1. The Bertz CT molecular complexity index is 1390. The van der Waals surface area contributed by atoms with Gasteiger partial charge in [0.15, 0.2) is 16.7 Å². The van der Waals surface area contributed by atoms with Crippen LogP contribution in [0.3, 0.4) is 0 Å². The molecule has 8 nitrogen and oxygen atoms in total. The zero-order valence-corrected chi connectivity index (χ0v) is 19.5. The summed E-state index contributed by atoms with van der Waals surface area (Å²) in [4.78, 5) is 30.3. The highest BCUT2D eigenvalue weighted by atomic mass is 35.5. The first-order chi connectivity index (χ1) is 16.6. The van der Waals surface area contributed by atoms with Crippen LogP contribution in [-0.2, 0) is 11.3 Å². The van der Waals surface area contributed by atoms with E-state index in [0.717, 1.165) is 0 Å². The van der Waals surface area contributed by atoms with E-state index in [-0.39, 0.29) is 29.9 Å². The molecule has 0 saturated carbocycles. The summed E-state index contributed by atoms with van der Waals surface area (Å²) in [7, 11) is 0. The number of furan rings is 1. The van der Waals surface area contributed by atoms with Crippen molar-refractivity contribution >= 4 is 40.2 Å². The van der Waals surface area contributed by atoms with Crippen molar-refractivity contribution in [2.75, 3.05) is 18.9 Å². The Labute approximate surface area is 203 Å². The highest BCUT2D eigenvalue weighted by molar-refractivity contribution is 7.99.